The largest absolute Gasteiger partial charge is 0.477 e. The third-order valence-electron chi connectivity index (χ3n) is 2.29. The van der Waals surface area contributed by atoms with Crippen molar-refractivity contribution in [3.05, 3.63) is 17.8 Å². The number of hydrogen-bond donors (Lipinski definition) is 4. The van der Waals surface area contributed by atoms with Gasteiger partial charge in [-0.15, -0.1) is 0 Å². The number of rotatable bonds is 7. The van der Waals surface area contributed by atoms with E-state index in [-0.39, 0.29) is 11.6 Å². The maximum Gasteiger partial charge on any atom is 0.354 e. The lowest BCUT2D eigenvalue weighted by Gasteiger charge is -2.08. The molecule has 0 aromatic carbocycles. The zero-order valence-electron chi connectivity index (χ0n) is 9.85. The lowest BCUT2D eigenvalue weighted by molar-refractivity contribution is -0.118. The van der Waals surface area contributed by atoms with Gasteiger partial charge in [0.15, 0.2) is 5.69 Å². The molecule has 0 atom stereocenters. The van der Waals surface area contributed by atoms with Crippen molar-refractivity contribution in [3.63, 3.8) is 0 Å². The van der Waals surface area contributed by atoms with Gasteiger partial charge in [0.1, 0.15) is 5.82 Å². The highest BCUT2D eigenvalue weighted by Crippen LogP contribution is 2.15. The van der Waals surface area contributed by atoms with Gasteiger partial charge in [0.2, 0.25) is 5.91 Å². The Bertz CT molecular complexity index is 448. The van der Waals surface area contributed by atoms with Crippen LogP contribution in [-0.4, -0.2) is 28.5 Å². The number of unbranched alkanes of at least 4 members (excludes halogenated alkanes) is 1. The lowest BCUT2D eigenvalue weighted by atomic mass is 10.2. The standard InChI is InChI=1S/C11H16N4O3/c12-7-4-5-8(11(17)18)15-10(7)14-6-2-1-3-9(13)16/h4-5H,1-3,6,12H2,(H2,13,16)(H,14,15)(H,17,18). The zero-order chi connectivity index (χ0) is 13.5. The Morgan fingerprint density at radius 1 is 1.33 bits per heavy atom. The van der Waals surface area contributed by atoms with Gasteiger partial charge in [-0.05, 0) is 25.0 Å². The van der Waals surface area contributed by atoms with Crippen LogP contribution in [0.1, 0.15) is 29.8 Å². The van der Waals surface area contributed by atoms with Crippen LogP contribution in [0.2, 0.25) is 0 Å². The number of nitrogen functional groups attached to an aromatic ring is 1. The zero-order valence-corrected chi connectivity index (χ0v) is 9.85. The van der Waals surface area contributed by atoms with E-state index in [1.165, 1.54) is 12.1 Å². The van der Waals surface area contributed by atoms with Crippen molar-refractivity contribution in [1.82, 2.24) is 4.98 Å². The van der Waals surface area contributed by atoms with E-state index in [4.69, 9.17) is 16.6 Å². The Kier molecular flexibility index (Phi) is 4.91. The second-order valence-corrected chi connectivity index (χ2v) is 3.79. The van der Waals surface area contributed by atoms with Crippen LogP contribution in [0.4, 0.5) is 11.5 Å². The van der Waals surface area contributed by atoms with Gasteiger partial charge in [0.05, 0.1) is 5.69 Å². The number of carboxylic acids is 1. The number of carboxylic acid groups (broad SMARTS) is 1. The molecule has 0 bridgehead atoms. The fraction of sp³-hybridized carbons (Fsp3) is 0.364. The molecule has 7 heteroatoms. The molecule has 6 N–H and O–H groups in total. The van der Waals surface area contributed by atoms with E-state index in [1.807, 2.05) is 0 Å². The highest BCUT2D eigenvalue weighted by atomic mass is 16.4. The number of pyridine rings is 1. The minimum atomic E-state index is -1.10. The fourth-order valence-corrected chi connectivity index (χ4v) is 1.36. The molecule has 1 rings (SSSR count). The molecule has 0 aliphatic heterocycles. The van der Waals surface area contributed by atoms with E-state index in [0.29, 0.717) is 30.9 Å². The summed E-state index contributed by atoms with van der Waals surface area (Å²) in [5.74, 6) is -1.10. The Labute approximate surface area is 104 Å². The minimum Gasteiger partial charge on any atom is -0.477 e. The first-order valence-corrected chi connectivity index (χ1v) is 5.52. The topological polar surface area (TPSA) is 131 Å². The average Bonchev–Trinajstić information content (AvgIpc) is 2.30. The van der Waals surface area contributed by atoms with Crippen LogP contribution in [0.25, 0.3) is 0 Å². The summed E-state index contributed by atoms with van der Waals surface area (Å²) in [7, 11) is 0. The summed E-state index contributed by atoms with van der Waals surface area (Å²) in [6.07, 6.45) is 1.72. The summed E-state index contributed by atoms with van der Waals surface area (Å²) >= 11 is 0. The second kappa shape index (κ2) is 6.43. The normalized spacial score (nSPS) is 10.0. The molecule has 0 aliphatic rings. The van der Waals surface area contributed by atoms with Gasteiger partial charge in [-0.1, -0.05) is 0 Å². The molecule has 0 spiro atoms. The van der Waals surface area contributed by atoms with E-state index in [9.17, 15) is 9.59 Å². The molecule has 7 nitrogen and oxygen atoms in total. The first-order valence-electron chi connectivity index (χ1n) is 5.52. The number of carbonyl (C=O) groups excluding carboxylic acids is 1. The Balaban J connectivity index is 2.48. The maximum atomic E-state index is 10.7. The van der Waals surface area contributed by atoms with E-state index in [2.05, 4.69) is 10.3 Å². The number of aromatic carboxylic acids is 1. The first-order chi connectivity index (χ1) is 8.50. The smallest absolute Gasteiger partial charge is 0.354 e. The summed E-state index contributed by atoms with van der Waals surface area (Å²) in [6, 6.07) is 2.83. The van der Waals surface area contributed by atoms with E-state index < -0.39 is 5.97 Å². The molecular weight excluding hydrogens is 236 g/mol. The summed E-state index contributed by atoms with van der Waals surface area (Å²) in [5, 5.41) is 11.7. The fourth-order valence-electron chi connectivity index (χ4n) is 1.36. The van der Waals surface area contributed by atoms with Gasteiger partial charge in [0.25, 0.3) is 0 Å². The predicted octanol–water partition coefficient (Wildman–Crippen LogP) is 0.429. The number of hydrogen-bond acceptors (Lipinski definition) is 5. The molecule has 0 aliphatic carbocycles. The van der Waals surface area contributed by atoms with E-state index >= 15 is 0 Å². The Morgan fingerprint density at radius 2 is 2.06 bits per heavy atom. The molecule has 1 amide bonds. The second-order valence-electron chi connectivity index (χ2n) is 3.79. The maximum absolute atomic E-state index is 10.7. The molecule has 0 radical (unpaired) electrons. The summed E-state index contributed by atoms with van der Waals surface area (Å²) in [6.45, 7) is 0.549. The van der Waals surface area contributed by atoms with Crippen molar-refractivity contribution in [2.24, 2.45) is 5.73 Å². The molecule has 98 valence electrons. The van der Waals surface area contributed by atoms with Crippen molar-refractivity contribution < 1.29 is 14.7 Å². The highest BCUT2D eigenvalue weighted by molar-refractivity contribution is 5.86. The van der Waals surface area contributed by atoms with Crippen molar-refractivity contribution in [3.8, 4) is 0 Å². The summed E-state index contributed by atoms with van der Waals surface area (Å²) in [5.41, 5.74) is 11.0. The number of nitrogens with zero attached hydrogens (tertiary/aromatic N) is 1. The molecule has 0 fully saturated rings. The number of primary amides is 1. The van der Waals surface area contributed by atoms with Crippen molar-refractivity contribution >= 4 is 23.4 Å². The van der Waals surface area contributed by atoms with Gasteiger partial charge in [-0.2, -0.15) is 0 Å². The quantitative estimate of drug-likeness (QED) is 0.520. The van der Waals surface area contributed by atoms with Gasteiger partial charge < -0.3 is 21.9 Å². The van der Waals surface area contributed by atoms with Crippen LogP contribution in [0, 0.1) is 0 Å². The minimum absolute atomic E-state index is 0.0659. The SMILES string of the molecule is NC(=O)CCCCNc1nc(C(=O)O)ccc1N. The molecule has 1 aromatic rings. The molecule has 18 heavy (non-hydrogen) atoms. The summed E-state index contributed by atoms with van der Waals surface area (Å²) in [4.78, 5) is 25.1. The molecule has 1 heterocycles. The monoisotopic (exact) mass is 252 g/mol. The van der Waals surface area contributed by atoms with Crippen molar-refractivity contribution in [1.29, 1.82) is 0 Å². The number of anilines is 2. The van der Waals surface area contributed by atoms with Gasteiger partial charge in [-0.3, -0.25) is 4.79 Å². The molecule has 0 unspecified atom stereocenters. The molecule has 0 saturated carbocycles. The van der Waals surface area contributed by atoms with Crippen LogP contribution in [-0.2, 0) is 4.79 Å². The lowest BCUT2D eigenvalue weighted by Crippen LogP contribution is -2.12. The highest BCUT2D eigenvalue weighted by Gasteiger charge is 2.08. The van der Waals surface area contributed by atoms with Crippen LogP contribution in [0.3, 0.4) is 0 Å². The van der Waals surface area contributed by atoms with Crippen LogP contribution >= 0.6 is 0 Å². The molecular formula is C11H16N4O3. The first kappa shape index (κ1) is 13.8. The van der Waals surface area contributed by atoms with Gasteiger partial charge >= 0.3 is 5.97 Å². The van der Waals surface area contributed by atoms with Crippen molar-refractivity contribution in [2.75, 3.05) is 17.6 Å². The third-order valence-corrected chi connectivity index (χ3v) is 2.29. The van der Waals surface area contributed by atoms with E-state index in [1.54, 1.807) is 0 Å². The predicted molar refractivity (Wildman–Crippen MR) is 67.1 cm³/mol. The third kappa shape index (κ3) is 4.28. The van der Waals surface area contributed by atoms with Crippen LogP contribution in [0.15, 0.2) is 12.1 Å². The van der Waals surface area contributed by atoms with E-state index in [0.717, 1.165) is 6.42 Å². The Hall–Kier alpha value is -2.31. The number of amides is 1. The molecule has 1 aromatic heterocycles. The van der Waals surface area contributed by atoms with Crippen molar-refractivity contribution in [2.45, 2.75) is 19.3 Å². The molecule has 0 saturated heterocycles. The number of aromatic nitrogens is 1. The van der Waals surface area contributed by atoms with Gasteiger partial charge in [-0.25, -0.2) is 9.78 Å². The summed E-state index contributed by atoms with van der Waals surface area (Å²) < 4.78 is 0. The number of carbonyl (C=O) groups is 2. The average molecular weight is 252 g/mol. The van der Waals surface area contributed by atoms with Crippen LogP contribution < -0.4 is 16.8 Å². The number of nitrogens with two attached hydrogens (primary N) is 2. The van der Waals surface area contributed by atoms with Gasteiger partial charge in [0, 0.05) is 13.0 Å². The Morgan fingerprint density at radius 3 is 2.67 bits per heavy atom. The number of nitrogens with one attached hydrogen (secondary N) is 1. The van der Waals surface area contributed by atoms with Crippen LogP contribution in [0.5, 0.6) is 0 Å².